The summed E-state index contributed by atoms with van der Waals surface area (Å²) in [6.45, 7) is 0. The third kappa shape index (κ3) is 3.77. The van der Waals surface area contributed by atoms with Crippen molar-refractivity contribution in [3.05, 3.63) is 96.3 Å². The van der Waals surface area contributed by atoms with Crippen LogP contribution in [0.25, 0.3) is 10.9 Å². The highest BCUT2D eigenvalue weighted by molar-refractivity contribution is 6.12. The molecule has 27 heavy (non-hydrogen) atoms. The van der Waals surface area contributed by atoms with Crippen molar-refractivity contribution in [3.8, 4) is 11.6 Å². The van der Waals surface area contributed by atoms with E-state index in [9.17, 15) is 9.18 Å². The summed E-state index contributed by atoms with van der Waals surface area (Å²) in [4.78, 5) is 17.3. The third-order valence-electron chi connectivity index (χ3n) is 4.01. The molecule has 0 aliphatic rings. The fourth-order valence-corrected chi connectivity index (χ4v) is 2.73. The molecule has 0 spiro atoms. The average Bonchev–Trinajstić information content (AvgIpc) is 2.70. The van der Waals surface area contributed by atoms with E-state index in [1.165, 1.54) is 24.3 Å². The number of para-hydroxylation sites is 2. The number of carbonyl (C=O) groups is 1. The molecule has 1 aromatic heterocycles. The van der Waals surface area contributed by atoms with Crippen LogP contribution in [0, 0.1) is 5.82 Å². The van der Waals surface area contributed by atoms with Crippen LogP contribution in [0.15, 0.2) is 84.9 Å². The molecule has 0 saturated carbocycles. The fraction of sp³-hybridized carbons (Fsp3) is 0. The number of nitrogens with one attached hydrogen (secondary N) is 1. The third-order valence-corrected chi connectivity index (χ3v) is 4.01. The summed E-state index contributed by atoms with van der Waals surface area (Å²) >= 11 is 0. The highest BCUT2D eigenvalue weighted by Gasteiger charge is 2.14. The van der Waals surface area contributed by atoms with Crippen LogP contribution in [0.5, 0.6) is 11.6 Å². The number of aromatic nitrogens is 1. The van der Waals surface area contributed by atoms with Crippen LogP contribution in [0.1, 0.15) is 10.4 Å². The van der Waals surface area contributed by atoms with E-state index in [1.807, 2.05) is 54.6 Å². The number of hydrogen-bond acceptors (Lipinski definition) is 3. The van der Waals surface area contributed by atoms with Crippen LogP contribution < -0.4 is 10.1 Å². The van der Waals surface area contributed by atoms with Crippen LogP contribution in [-0.4, -0.2) is 10.9 Å². The highest BCUT2D eigenvalue weighted by Crippen LogP contribution is 2.26. The van der Waals surface area contributed by atoms with Crippen molar-refractivity contribution < 1.29 is 13.9 Å². The van der Waals surface area contributed by atoms with E-state index < -0.39 is 0 Å². The molecule has 4 aromatic rings. The zero-order valence-electron chi connectivity index (χ0n) is 14.2. The van der Waals surface area contributed by atoms with Gasteiger partial charge in [0.05, 0.1) is 11.1 Å². The molecular weight excluding hydrogens is 343 g/mol. The maximum absolute atomic E-state index is 13.1. The lowest BCUT2D eigenvalue weighted by Crippen LogP contribution is -2.13. The Kier molecular flexibility index (Phi) is 4.49. The van der Waals surface area contributed by atoms with Crippen molar-refractivity contribution in [2.24, 2.45) is 0 Å². The van der Waals surface area contributed by atoms with Crippen molar-refractivity contribution in [1.82, 2.24) is 4.98 Å². The van der Waals surface area contributed by atoms with Crippen molar-refractivity contribution in [1.29, 1.82) is 0 Å². The SMILES string of the molecule is O=C(Nc1ccccc1)c1cc(Oc2ccc(F)cc2)nc2ccccc12. The van der Waals surface area contributed by atoms with Crippen LogP contribution in [0.2, 0.25) is 0 Å². The number of carbonyl (C=O) groups excluding carboxylic acids is 1. The first-order valence-corrected chi connectivity index (χ1v) is 8.39. The van der Waals surface area contributed by atoms with Crippen molar-refractivity contribution in [2.45, 2.75) is 0 Å². The first-order valence-electron chi connectivity index (χ1n) is 8.39. The minimum Gasteiger partial charge on any atom is -0.439 e. The molecule has 0 radical (unpaired) electrons. The quantitative estimate of drug-likeness (QED) is 0.530. The van der Waals surface area contributed by atoms with Gasteiger partial charge in [0.2, 0.25) is 5.88 Å². The Bertz CT molecular complexity index is 1100. The van der Waals surface area contributed by atoms with E-state index in [1.54, 1.807) is 6.07 Å². The van der Waals surface area contributed by atoms with Crippen LogP contribution >= 0.6 is 0 Å². The van der Waals surface area contributed by atoms with E-state index in [-0.39, 0.29) is 17.6 Å². The topological polar surface area (TPSA) is 51.2 Å². The Balaban J connectivity index is 1.72. The largest absolute Gasteiger partial charge is 0.439 e. The number of fused-ring (bicyclic) bond motifs is 1. The molecule has 0 bridgehead atoms. The Morgan fingerprint density at radius 3 is 2.37 bits per heavy atom. The molecule has 1 N–H and O–H groups in total. The van der Waals surface area contributed by atoms with Gasteiger partial charge in [-0.2, -0.15) is 0 Å². The van der Waals surface area contributed by atoms with E-state index >= 15 is 0 Å². The van der Waals surface area contributed by atoms with Gasteiger partial charge in [-0.1, -0.05) is 36.4 Å². The standard InChI is InChI=1S/C22H15FN2O2/c23-15-10-12-17(13-11-15)27-21-14-19(18-8-4-5-9-20(18)25-21)22(26)24-16-6-2-1-3-7-16/h1-14H,(H,24,26). The fourth-order valence-electron chi connectivity index (χ4n) is 2.73. The van der Waals surface area contributed by atoms with Gasteiger partial charge in [-0.3, -0.25) is 4.79 Å². The predicted octanol–water partition coefficient (Wildman–Crippen LogP) is 5.42. The van der Waals surface area contributed by atoms with Crippen LogP contribution in [0.4, 0.5) is 10.1 Å². The van der Waals surface area contributed by atoms with Gasteiger partial charge in [0, 0.05) is 17.1 Å². The highest BCUT2D eigenvalue weighted by atomic mass is 19.1. The average molecular weight is 358 g/mol. The van der Waals surface area contributed by atoms with Crippen molar-refractivity contribution >= 4 is 22.5 Å². The molecule has 4 rings (SSSR count). The molecule has 0 fully saturated rings. The normalized spacial score (nSPS) is 10.6. The number of ether oxygens (including phenoxy) is 1. The summed E-state index contributed by atoms with van der Waals surface area (Å²) in [5, 5.41) is 3.60. The summed E-state index contributed by atoms with van der Waals surface area (Å²) < 4.78 is 18.8. The van der Waals surface area contributed by atoms with Gasteiger partial charge in [0.15, 0.2) is 0 Å². The number of benzene rings is 3. The lowest BCUT2D eigenvalue weighted by atomic mass is 10.1. The zero-order chi connectivity index (χ0) is 18.6. The summed E-state index contributed by atoms with van der Waals surface area (Å²) in [7, 11) is 0. The Labute approximate surface area is 155 Å². The maximum Gasteiger partial charge on any atom is 0.256 e. The summed E-state index contributed by atoms with van der Waals surface area (Å²) in [5.41, 5.74) is 1.78. The second-order valence-corrected chi connectivity index (χ2v) is 5.90. The maximum atomic E-state index is 13.1. The van der Waals surface area contributed by atoms with Crippen molar-refractivity contribution in [3.63, 3.8) is 0 Å². The van der Waals surface area contributed by atoms with E-state index in [2.05, 4.69) is 10.3 Å². The molecule has 3 aromatic carbocycles. The number of nitrogens with zero attached hydrogens (tertiary/aromatic N) is 1. The second kappa shape index (κ2) is 7.25. The molecule has 1 heterocycles. The van der Waals surface area contributed by atoms with E-state index in [0.717, 1.165) is 5.39 Å². The van der Waals surface area contributed by atoms with Crippen molar-refractivity contribution in [2.75, 3.05) is 5.32 Å². The molecule has 0 atom stereocenters. The van der Waals surface area contributed by atoms with Gasteiger partial charge >= 0.3 is 0 Å². The van der Waals surface area contributed by atoms with Crippen LogP contribution in [0.3, 0.4) is 0 Å². The molecule has 1 amide bonds. The van der Waals surface area contributed by atoms with Crippen LogP contribution in [-0.2, 0) is 0 Å². The smallest absolute Gasteiger partial charge is 0.256 e. The van der Waals surface area contributed by atoms with Gasteiger partial charge in [-0.25, -0.2) is 9.37 Å². The monoisotopic (exact) mass is 358 g/mol. The lowest BCUT2D eigenvalue weighted by Gasteiger charge is -2.11. The molecule has 0 unspecified atom stereocenters. The Morgan fingerprint density at radius 1 is 0.889 bits per heavy atom. The first kappa shape index (κ1) is 16.7. The number of hydrogen-bond donors (Lipinski definition) is 1. The molecule has 4 nitrogen and oxygen atoms in total. The summed E-state index contributed by atoms with van der Waals surface area (Å²) in [6, 6.07) is 23.8. The number of anilines is 1. The van der Waals surface area contributed by atoms with E-state index in [0.29, 0.717) is 22.5 Å². The molecule has 132 valence electrons. The van der Waals surface area contributed by atoms with Gasteiger partial charge in [0.1, 0.15) is 11.6 Å². The molecular formula is C22H15FN2O2. The number of pyridine rings is 1. The number of halogens is 1. The predicted molar refractivity (Wildman–Crippen MR) is 103 cm³/mol. The number of amides is 1. The van der Waals surface area contributed by atoms with Gasteiger partial charge in [-0.05, 0) is 42.5 Å². The second-order valence-electron chi connectivity index (χ2n) is 5.90. The Hall–Kier alpha value is -3.73. The van der Waals surface area contributed by atoms with Gasteiger partial charge in [0.25, 0.3) is 5.91 Å². The van der Waals surface area contributed by atoms with Gasteiger partial charge < -0.3 is 10.1 Å². The minimum absolute atomic E-state index is 0.260. The summed E-state index contributed by atoms with van der Waals surface area (Å²) in [5.74, 6) is 0.0904. The lowest BCUT2D eigenvalue weighted by molar-refractivity contribution is 0.102. The molecule has 0 saturated heterocycles. The van der Waals surface area contributed by atoms with E-state index in [4.69, 9.17) is 4.74 Å². The summed E-state index contributed by atoms with van der Waals surface area (Å²) in [6.07, 6.45) is 0. The Morgan fingerprint density at radius 2 is 1.59 bits per heavy atom. The minimum atomic E-state index is -0.350. The number of rotatable bonds is 4. The molecule has 0 aliphatic heterocycles. The van der Waals surface area contributed by atoms with Gasteiger partial charge in [-0.15, -0.1) is 0 Å². The first-order chi connectivity index (χ1) is 13.2. The molecule has 5 heteroatoms. The molecule has 0 aliphatic carbocycles. The zero-order valence-corrected chi connectivity index (χ0v) is 14.2.